The molecule has 0 aliphatic carbocycles. The van der Waals surface area contributed by atoms with Gasteiger partial charge in [0.25, 0.3) is 5.91 Å². The third-order valence-corrected chi connectivity index (χ3v) is 2.52. The van der Waals surface area contributed by atoms with Crippen LogP contribution in [0.2, 0.25) is 0 Å². The Morgan fingerprint density at radius 3 is 2.63 bits per heavy atom. The zero-order chi connectivity index (χ0) is 14.1. The lowest BCUT2D eigenvalue weighted by Gasteiger charge is -2.09. The second-order valence-electron chi connectivity index (χ2n) is 3.74. The van der Waals surface area contributed by atoms with Crippen molar-refractivity contribution in [3.63, 3.8) is 0 Å². The SMILES string of the molecule is CCOc1ccc(C(=O)NC(=S)NCCCO)cc1. The van der Waals surface area contributed by atoms with Crippen LogP contribution in [0.5, 0.6) is 5.75 Å². The first-order valence-electron chi connectivity index (χ1n) is 6.10. The summed E-state index contributed by atoms with van der Waals surface area (Å²) >= 11 is 4.96. The largest absolute Gasteiger partial charge is 0.494 e. The molecule has 0 saturated carbocycles. The molecule has 0 unspecified atom stereocenters. The number of aliphatic hydroxyl groups excluding tert-OH is 1. The highest BCUT2D eigenvalue weighted by molar-refractivity contribution is 7.80. The van der Waals surface area contributed by atoms with Crippen molar-refractivity contribution in [2.75, 3.05) is 19.8 Å². The molecule has 1 aromatic carbocycles. The summed E-state index contributed by atoms with van der Waals surface area (Å²) in [5.74, 6) is 0.451. The Balaban J connectivity index is 2.46. The number of carbonyl (C=O) groups is 1. The van der Waals surface area contributed by atoms with E-state index >= 15 is 0 Å². The summed E-state index contributed by atoms with van der Waals surface area (Å²) in [4.78, 5) is 11.8. The maximum atomic E-state index is 11.8. The molecule has 1 rings (SSSR count). The van der Waals surface area contributed by atoms with Gasteiger partial charge in [-0.1, -0.05) is 0 Å². The van der Waals surface area contributed by atoms with Crippen LogP contribution in [0.4, 0.5) is 0 Å². The highest BCUT2D eigenvalue weighted by Crippen LogP contribution is 2.11. The standard InChI is InChI=1S/C13H18N2O3S/c1-2-18-11-6-4-10(5-7-11)12(17)15-13(19)14-8-3-9-16/h4-7,16H,2-3,8-9H2,1H3,(H2,14,15,17,19). The molecule has 6 heteroatoms. The normalized spacial score (nSPS) is 9.79. The smallest absolute Gasteiger partial charge is 0.257 e. The maximum absolute atomic E-state index is 11.8. The summed E-state index contributed by atoms with van der Waals surface area (Å²) in [7, 11) is 0. The number of benzene rings is 1. The molecule has 0 bridgehead atoms. The van der Waals surface area contributed by atoms with E-state index < -0.39 is 0 Å². The first-order valence-corrected chi connectivity index (χ1v) is 6.51. The van der Waals surface area contributed by atoms with Crippen molar-refractivity contribution < 1.29 is 14.6 Å². The van der Waals surface area contributed by atoms with Crippen molar-refractivity contribution in [2.24, 2.45) is 0 Å². The first kappa shape index (κ1) is 15.4. The minimum absolute atomic E-state index is 0.0858. The van der Waals surface area contributed by atoms with Gasteiger partial charge in [0.15, 0.2) is 5.11 Å². The number of amides is 1. The van der Waals surface area contributed by atoms with Crippen LogP contribution in [0.3, 0.4) is 0 Å². The van der Waals surface area contributed by atoms with E-state index in [1.807, 2.05) is 6.92 Å². The quantitative estimate of drug-likeness (QED) is 0.538. The van der Waals surface area contributed by atoms with E-state index in [-0.39, 0.29) is 17.6 Å². The lowest BCUT2D eigenvalue weighted by molar-refractivity contribution is 0.0976. The van der Waals surface area contributed by atoms with Crippen LogP contribution in [0.25, 0.3) is 0 Å². The molecule has 0 radical (unpaired) electrons. The molecule has 5 nitrogen and oxygen atoms in total. The molecule has 3 N–H and O–H groups in total. The average Bonchev–Trinajstić information content (AvgIpc) is 2.40. The van der Waals surface area contributed by atoms with Crippen LogP contribution in [-0.2, 0) is 0 Å². The summed E-state index contributed by atoms with van der Waals surface area (Å²) in [6, 6.07) is 6.83. The highest BCUT2D eigenvalue weighted by Gasteiger charge is 2.07. The Hall–Kier alpha value is -1.66. The summed E-state index contributed by atoms with van der Waals surface area (Å²) in [5, 5.41) is 14.3. The van der Waals surface area contributed by atoms with E-state index in [9.17, 15) is 4.79 Å². The number of rotatable bonds is 6. The Morgan fingerprint density at radius 2 is 2.05 bits per heavy atom. The van der Waals surface area contributed by atoms with Crippen molar-refractivity contribution in [1.82, 2.24) is 10.6 Å². The van der Waals surface area contributed by atoms with Crippen LogP contribution in [0.1, 0.15) is 23.7 Å². The number of thiocarbonyl (C=S) groups is 1. The third-order valence-electron chi connectivity index (χ3n) is 2.28. The zero-order valence-electron chi connectivity index (χ0n) is 10.8. The summed E-state index contributed by atoms with van der Waals surface area (Å²) in [6.45, 7) is 3.10. The molecule has 0 fully saturated rings. The van der Waals surface area contributed by atoms with Gasteiger partial charge in [-0.15, -0.1) is 0 Å². The summed E-state index contributed by atoms with van der Waals surface area (Å²) < 4.78 is 5.29. The number of nitrogens with one attached hydrogen (secondary N) is 2. The molecule has 104 valence electrons. The van der Waals surface area contributed by atoms with E-state index in [4.69, 9.17) is 22.1 Å². The molecule has 0 aromatic heterocycles. The molecule has 0 atom stereocenters. The fraction of sp³-hybridized carbons (Fsp3) is 0.385. The van der Waals surface area contributed by atoms with Gasteiger partial charge in [0.05, 0.1) is 6.61 Å². The maximum Gasteiger partial charge on any atom is 0.257 e. The van der Waals surface area contributed by atoms with Gasteiger partial charge in [0.2, 0.25) is 0 Å². The van der Waals surface area contributed by atoms with Crippen LogP contribution in [0, 0.1) is 0 Å². The molecule has 1 aromatic rings. The molecule has 0 saturated heterocycles. The van der Waals surface area contributed by atoms with Crippen LogP contribution in [-0.4, -0.2) is 35.9 Å². The molecular formula is C13H18N2O3S. The van der Waals surface area contributed by atoms with Crippen molar-refractivity contribution in [1.29, 1.82) is 0 Å². The summed E-state index contributed by atoms with van der Waals surface area (Å²) in [6.07, 6.45) is 0.582. The van der Waals surface area contributed by atoms with E-state index in [1.165, 1.54) is 0 Å². The van der Waals surface area contributed by atoms with E-state index in [0.29, 0.717) is 25.1 Å². The van der Waals surface area contributed by atoms with Gasteiger partial charge in [0, 0.05) is 18.7 Å². The van der Waals surface area contributed by atoms with Crippen molar-refractivity contribution >= 4 is 23.2 Å². The van der Waals surface area contributed by atoms with E-state index in [1.54, 1.807) is 24.3 Å². The van der Waals surface area contributed by atoms with Gasteiger partial charge in [-0.3, -0.25) is 10.1 Å². The fourth-order valence-electron chi connectivity index (χ4n) is 1.37. The van der Waals surface area contributed by atoms with Gasteiger partial charge in [-0.05, 0) is 49.8 Å². The van der Waals surface area contributed by atoms with Gasteiger partial charge in [-0.25, -0.2) is 0 Å². The van der Waals surface area contributed by atoms with Gasteiger partial charge < -0.3 is 15.2 Å². The highest BCUT2D eigenvalue weighted by atomic mass is 32.1. The van der Waals surface area contributed by atoms with Crippen molar-refractivity contribution in [2.45, 2.75) is 13.3 Å². The zero-order valence-corrected chi connectivity index (χ0v) is 11.6. The predicted molar refractivity (Wildman–Crippen MR) is 77.4 cm³/mol. The van der Waals surface area contributed by atoms with Crippen molar-refractivity contribution in [3.05, 3.63) is 29.8 Å². The Labute approximate surface area is 118 Å². The van der Waals surface area contributed by atoms with E-state index in [0.717, 1.165) is 5.75 Å². The van der Waals surface area contributed by atoms with Crippen LogP contribution in [0.15, 0.2) is 24.3 Å². The summed E-state index contributed by atoms with van der Waals surface area (Å²) in [5.41, 5.74) is 0.509. The Kier molecular flexibility index (Phi) is 6.84. The molecular weight excluding hydrogens is 264 g/mol. The molecule has 1 amide bonds. The van der Waals surface area contributed by atoms with Gasteiger partial charge in [-0.2, -0.15) is 0 Å². The minimum atomic E-state index is -0.274. The second-order valence-corrected chi connectivity index (χ2v) is 4.15. The monoisotopic (exact) mass is 282 g/mol. The van der Waals surface area contributed by atoms with Crippen LogP contribution < -0.4 is 15.4 Å². The predicted octanol–water partition coefficient (Wildman–Crippen LogP) is 1.07. The number of aliphatic hydroxyl groups is 1. The fourth-order valence-corrected chi connectivity index (χ4v) is 1.56. The molecule has 0 aliphatic rings. The molecule has 0 spiro atoms. The van der Waals surface area contributed by atoms with Crippen LogP contribution >= 0.6 is 12.2 Å². The molecule has 19 heavy (non-hydrogen) atoms. The Morgan fingerprint density at radius 1 is 1.37 bits per heavy atom. The first-order chi connectivity index (χ1) is 9.17. The number of ether oxygens (including phenoxy) is 1. The van der Waals surface area contributed by atoms with Gasteiger partial charge in [0.1, 0.15) is 5.75 Å². The number of hydrogen-bond donors (Lipinski definition) is 3. The van der Waals surface area contributed by atoms with Crippen molar-refractivity contribution in [3.8, 4) is 5.75 Å². The molecule has 0 heterocycles. The van der Waals surface area contributed by atoms with E-state index in [2.05, 4.69) is 10.6 Å². The second kappa shape index (κ2) is 8.44. The number of hydrogen-bond acceptors (Lipinski definition) is 4. The average molecular weight is 282 g/mol. The molecule has 0 aliphatic heterocycles. The van der Waals surface area contributed by atoms with Gasteiger partial charge >= 0.3 is 0 Å². The third kappa shape index (κ3) is 5.67. The topological polar surface area (TPSA) is 70.6 Å². The number of carbonyl (C=O) groups excluding carboxylic acids is 1. The lowest BCUT2D eigenvalue weighted by atomic mass is 10.2. The Bertz CT molecular complexity index is 420. The lowest BCUT2D eigenvalue weighted by Crippen LogP contribution is -2.39. The minimum Gasteiger partial charge on any atom is -0.494 e.